The lowest BCUT2D eigenvalue weighted by molar-refractivity contribution is 0.648. The third-order valence-electron chi connectivity index (χ3n) is 4.07. The molecule has 0 aliphatic rings. The monoisotopic (exact) mass is 433 g/mol. The molecule has 3 aromatic rings. The highest BCUT2D eigenvalue weighted by molar-refractivity contribution is 9.10. The van der Waals surface area contributed by atoms with E-state index in [1.807, 2.05) is 36.4 Å². The Hall–Kier alpha value is -2.31. The summed E-state index contributed by atoms with van der Waals surface area (Å²) in [5, 5.41) is 3.85. The highest BCUT2D eigenvalue weighted by Gasteiger charge is 2.11. The van der Waals surface area contributed by atoms with Gasteiger partial charge in [-0.15, -0.1) is 0 Å². The first-order chi connectivity index (χ1) is 12.5. The second kappa shape index (κ2) is 7.93. The first-order valence-electron chi connectivity index (χ1n) is 7.98. The largest absolute Gasteiger partial charge is 0.367 e. The number of nitrogens with zero attached hydrogens (tertiary/aromatic N) is 2. The van der Waals surface area contributed by atoms with Crippen LogP contribution < -0.4 is 16.6 Å². The zero-order valence-corrected chi connectivity index (χ0v) is 16.4. The second-order valence-corrected chi connectivity index (χ2v) is 7.16. The van der Waals surface area contributed by atoms with E-state index < -0.39 is 0 Å². The second-order valence-electron chi connectivity index (χ2n) is 5.87. The van der Waals surface area contributed by atoms with Crippen LogP contribution in [0.2, 0.25) is 5.02 Å². The Balaban J connectivity index is 1.95. The molecule has 0 amide bonds. The van der Waals surface area contributed by atoms with Crippen LogP contribution in [-0.2, 0) is 20.1 Å². The third-order valence-corrected chi connectivity index (χ3v) is 5.10. The summed E-state index contributed by atoms with van der Waals surface area (Å²) in [7, 11) is 1.48. The minimum Gasteiger partial charge on any atom is -0.367 e. The lowest BCUT2D eigenvalue weighted by atomic mass is 10.2. The molecule has 0 fully saturated rings. The van der Waals surface area contributed by atoms with Crippen molar-refractivity contribution in [3.05, 3.63) is 96.1 Å². The van der Waals surface area contributed by atoms with Crippen molar-refractivity contribution in [1.29, 1.82) is 0 Å². The Labute approximate surface area is 164 Å². The number of nitrogens with one attached hydrogen (secondary N) is 1. The maximum atomic E-state index is 12.6. The van der Waals surface area contributed by atoms with Gasteiger partial charge < -0.3 is 5.32 Å². The molecule has 134 valence electrons. The number of rotatable bonds is 5. The Bertz CT molecular complexity index is 1040. The van der Waals surface area contributed by atoms with Crippen molar-refractivity contribution in [2.75, 3.05) is 5.32 Å². The summed E-state index contributed by atoms with van der Waals surface area (Å²) in [5.74, 6) is 0.476. The Morgan fingerprint density at radius 3 is 2.46 bits per heavy atom. The summed E-state index contributed by atoms with van der Waals surface area (Å²) in [5.41, 5.74) is 1.22. The number of halogens is 2. The zero-order valence-electron chi connectivity index (χ0n) is 14.1. The van der Waals surface area contributed by atoms with E-state index in [4.69, 9.17) is 11.6 Å². The van der Waals surface area contributed by atoms with Crippen LogP contribution in [0, 0.1) is 0 Å². The Morgan fingerprint density at radius 2 is 1.77 bits per heavy atom. The average molecular weight is 435 g/mol. The quantitative estimate of drug-likeness (QED) is 0.667. The van der Waals surface area contributed by atoms with E-state index in [2.05, 4.69) is 21.2 Å². The Kier molecular flexibility index (Phi) is 5.64. The van der Waals surface area contributed by atoms with E-state index in [0.717, 1.165) is 20.2 Å². The smallest absolute Gasteiger partial charge is 0.332 e. The molecular formula is C19H17BrClN3O2. The molecule has 0 aliphatic heterocycles. The van der Waals surface area contributed by atoms with E-state index >= 15 is 0 Å². The van der Waals surface area contributed by atoms with Crippen LogP contribution in [0.15, 0.2) is 68.7 Å². The van der Waals surface area contributed by atoms with E-state index in [0.29, 0.717) is 23.9 Å². The predicted octanol–water partition coefficient (Wildman–Crippen LogP) is 3.62. The highest BCUT2D eigenvalue weighted by Crippen LogP contribution is 2.18. The molecule has 0 aliphatic carbocycles. The van der Waals surface area contributed by atoms with Crippen molar-refractivity contribution in [2.24, 2.45) is 7.05 Å². The molecule has 1 N–H and O–H groups in total. The van der Waals surface area contributed by atoms with Gasteiger partial charge in [0.2, 0.25) is 0 Å². The van der Waals surface area contributed by atoms with Gasteiger partial charge in [-0.1, -0.05) is 57.9 Å². The molecule has 1 aromatic heterocycles. The lowest BCUT2D eigenvalue weighted by Crippen LogP contribution is -2.39. The summed E-state index contributed by atoms with van der Waals surface area (Å²) < 4.78 is 3.56. The van der Waals surface area contributed by atoms with Crippen molar-refractivity contribution in [3.8, 4) is 0 Å². The fourth-order valence-corrected chi connectivity index (χ4v) is 3.10. The summed E-state index contributed by atoms with van der Waals surface area (Å²) in [6.45, 7) is 0.817. The Morgan fingerprint density at radius 1 is 1.08 bits per heavy atom. The minimum atomic E-state index is -0.369. The fraction of sp³-hybridized carbons (Fsp3) is 0.158. The molecule has 1 heterocycles. The van der Waals surface area contributed by atoms with Gasteiger partial charge in [-0.3, -0.25) is 13.9 Å². The van der Waals surface area contributed by atoms with Crippen LogP contribution >= 0.6 is 27.5 Å². The van der Waals surface area contributed by atoms with Crippen LogP contribution in [0.4, 0.5) is 5.82 Å². The number of anilines is 1. The molecule has 0 spiro atoms. The first-order valence-corrected chi connectivity index (χ1v) is 9.15. The van der Waals surface area contributed by atoms with Crippen LogP contribution in [0.5, 0.6) is 0 Å². The van der Waals surface area contributed by atoms with Gasteiger partial charge in [0.25, 0.3) is 5.56 Å². The van der Waals surface area contributed by atoms with Gasteiger partial charge in [-0.05, 0) is 29.3 Å². The number of hydrogen-bond acceptors (Lipinski definition) is 3. The van der Waals surface area contributed by atoms with E-state index in [1.54, 1.807) is 16.7 Å². The van der Waals surface area contributed by atoms with Gasteiger partial charge in [0.15, 0.2) is 0 Å². The molecule has 5 nitrogen and oxygen atoms in total. The molecule has 0 saturated heterocycles. The average Bonchev–Trinajstić information content (AvgIpc) is 2.63. The molecule has 0 radical (unpaired) electrons. The van der Waals surface area contributed by atoms with Gasteiger partial charge in [0.05, 0.1) is 6.54 Å². The minimum absolute atomic E-state index is 0.345. The summed E-state index contributed by atoms with van der Waals surface area (Å²) >= 11 is 9.41. The number of aromatic nitrogens is 2. The maximum absolute atomic E-state index is 12.6. The SMILES string of the molecule is Cn1c(=O)cc(NCc2ccc(Cl)cc2)n(Cc2ccccc2Br)c1=O. The maximum Gasteiger partial charge on any atom is 0.332 e. The first kappa shape index (κ1) is 18.5. The molecule has 26 heavy (non-hydrogen) atoms. The van der Waals surface area contributed by atoms with Crippen LogP contribution in [0.1, 0.15) is 11.1 Å². The molecule has 0 saturated carbocycles. The van der Waals surface area contributed by atoms with Crippen molar-refractivity contribution in [2.45, 2.75) is 13.1 Å². The van der Waals surface area contributed by atoms with Gasteiger partial charge in [0.1, 0.15) is 5.82 Å². The molecule has 0 unspecified atom stereocenters. The van der Waals surface area contributed by atoms with Crippen LogP contribution in [-0.4, -0.2) is 9.13 Å². The van der Waals surface area contributed by atoms with Crippen molar-refractivity contribution >= 4 is 33.3 Å². The number of benzene rings is 2. The zero-order chi connectivity index (χ0) is 18.7. The van der Waals surface area contributed by atoms with E-state index in [9.17, 15) is 9.59 Å². The van der Waals surface area contributed by atoms with Crippen LogP contribution in [0.3, 0.4) is 0 Å². The summed E-state index contributed by atoms with van der Waals surface area (Å²) in [4.78, 5) is 24.7. The number of hydrogen-bond donors (Lipinski definition) is 1. The standard InChI is InChI=1S/C19H17BrClN3O2/c1-23-18(25)10-17(22-11-13-6-8-15(21)9-7-13)24(19(23)26)12-14-4-2-3-5-16(14)20/h2-10,22H,11-12H2,1H3. The van der Waals surface area contributed by atoms with E-state index in [1.165, 1.54) is 13.1 Å². The van der Waals surface area contributed by atoms with Crippen LogP contribution in [0.25, 0.3) is 0 Å². The molecular weight excluding hydrogens is 418 g/mol. The normalized spacial score (nSPS) is 10.7. The summed E-state index contributed by atoms with van der Waals surface area (Å²) in [6, 6.07) is 16.5. The van der Waals surface area contributed by atoms with Crippen molar-refractivity contribution < 1.29 is 0 Å². The lowest BCUT2D eigenvalue weighted by Gasteiger charge is -2.16. The van der Waals surface area contributed by atoms with Gasteiger partial charge >= 0.3 is 5.69 Å². The fourth-order valence-electron chi connectivity index (χ4n) is 2.56. The molecule has 7 heteroatoms. The highest BCUT2D eigenvalue weighted by atomic mass is 79.9. The van der Waals surface area contributed by atoms with Gasteiger partial charge in [-0.2, -0.15) is 0 Å². The van der Waals surface area contributed by atoms with E-state index in [-0.39, 0.29) is 11.2 Å². The van der Waals surface area contributed by atoms with Gasteiger partial charge in [-0.25, -0.2) is 4.79 Å². The molecule has 0 bridgehead atoms. The third kappa shape index (κ3) is 4.08. The molecule has 0 atom stereocenters. The van der Waals surface area contributed by atoms with Crippen molar-refractivity contribution in [1.82, 2.24) is 9.13 Å². The summed E-state index contributed by atoms with van der Waals surface area (Å²) in [6.07, 6.45) is 0. The van der Waals surface area contributed by atoms with Gasteiger partial charge in [0, 0.05) is 29.2 Å². The topological polar surface area (TPSA) is 56.0 Å². The van der Waals surface area contributed by atoms with Crippen molar-refractivity contribution in [3.63, 3.8) is 0 Å². The predicted molar refractivity (Wildman–Crippen MR) is 108 cm³/mol. The molecule has 2 aromatic carbocycles. The molecule has 3 rings (SSSR count).